The van der Waals surface area contributed by atoms with Gasteiger partial charge in [-0.15, -0.1) is 10.2 Å². The Kier molecular flexibility index (Phi) is 4.29. The molecular weight excluding hydrogens is 258 g/mol. The molecule has 20 heavy (non-hydrogen) atoms. The van der Waals surface area contributed by atoms with Gasteiger partial charge in [0.05, 0.1) is 12.2 Å². The Balaban J connectivity index is 1.94. The van der Waals surface area contributed by atoms with Crippen LogP contribution in [0.3, 0.4) is 0 Å². The number of anilines is 1. The van der Waals surface area contributed by atoms with Gasteiger partial charge in [-0.2, -0.15) is 0 Å². The molecule has 7 nitrogen and oxygen atoms in total. The van der Waals surface area contributed by atoms with Crippen LogP contribution in [0.15, 0.2) is 16.5 Å². The minimum absolute atomic E-state index is 0.226. The summed E-state index contributed by atoms with van der Waals surface area (Å²) in [5, 5.41) is 13.5. The van der Waals surface area contributed by atoms with Gasteiger partial charge in [-0.3, -0.25) is 4.79 Å². The summed E-state index contributed by atoms with van der Waals surface area (Å²) in [4.78, 5) is 16.1. The van der Waals surface area contributed by atoms with Crippen LogP contribution in [-0.2, 0) is 6.54 Å². The van der Waals surface area contributed by atoms with Gasteiger partial charge in [-0.25, -0.2) is 4.98 Å². The molecule has 0 aliphatic rings. The Labute approximate surface area is 116 Å². The minimum atomic E-state index is -0.311. The van der Waals surface area contributed by atoms with Gasteiger partial charge in [-0.05, 0) is 32.9 Å². The van der Waals surface area contributed by atoms with Crippen molar-refractivity contribution in [2.75, 3.05) is 11.9 Å². The number of carbonyl (C=O) groups is 1. The molecule has 0 atom stereocenters. The van der Waals surface area contributed by atoms with Crippen molar-refractivity contribution >= 4 is 11.7 Å². The van der Waals surface area contributed by atoms with Crippen molar-refractivity contribution in [2.24, 2.45) is 0 Å². The van der Waals surface area contributed by atoms with E-state index in [1.807, 2.05) is 20.8 Å². The molecule has 2 aromatic heterocycles. The van der Waals surface area contributed by atoms with E-state index in [-0.39, 0.29) is 18.1 Å². The molecule has 0 spiro atoms. The second kappa shape index (κ2) is 6.14. The first-order chi connectivity index (χ1) is 9.60. The fourth-order valence-corrected chi connectivity index (χ4v) is 1.59. The maximum Gasteiger partial charge on any atom is 0.272 e. The summed E-state index contributed by atoms with van der Waals surface area (Å²) in [7, 11) is 0. The first kappa shape index (κ1) is 14.0. The highest BCUT2D eigenvalue weighted by Crippen LogP contribution is 2.08. The molecule has 106 valence electrons. The van der Waals surface area contributed by atoms with Crippen LogP contribution in [0, 0.1) is 13.8 Å². The SMILES string of the molecule is CCNc1ccc(C(=O)NCc2nc(C)c(C)o2)nn1. The van der Waals surface area contributed by atoms with Crippen molar-refractivity contribution in [3.05, 3.63) is 35.2 Å². The molecule has 0 aliphatic heterocycles. The molecule has 0 radical (unpaired) electrons. The number of hydrogen-bond donors (Lipinski definition) is 2. The average molecular weight is 275 g/mol. The number of nitrogens with zero attached hydrogens (tertiary/aromatic N) is 3. The van der Waals surface area contributed by atoms with Gasteiger partial charge in [0.1, 0.15) is 11.6 Å². The van der Waals surface area contributed by atoms with Crippen molar-refractivity contribution in [1.29, 1.82) is 0 Å². The van der Waals surface area contributed by atoms with Gasteiger partial charge in [0, 0.05) is 6.54 Å². The molecule has 0 aliphatic carbocycles. The third-order valence-electron chi connectivity index (χ3n) is 2.73. The van der Waals surface area contributed by atoms with E-state index in [1.165, 1.54) is 0 Å². The van der Waals surface area contributed by atoms with E-state index in [4.69, 9.17) is 4.42 Å². The second-order valence-electron chi connectivity index (χ2n) is 4.27. The van der Waals surface area contributed by atoms with E-state index in [1.54, 1.807) is 12.1 Å². The first-order valence-corrected chi connectivity index (χ1v) is 6.39. The first-order valence-electron chi connectivity index (χ1n) is 6.39. The van der Waals surface area contributed by atoms with Crippen LogP contribution in [0.5, 0.6) is 0 Å². The minimum Gasteiger partial charge on any atom is -0.444 e. The van der Waals surface area contributed by atoms with Crippen molar-refractivity contribution in [1.82, 2.24) is 20.5 Å². The van der Waals surface area contributed by atoms with E-state index >= 15 is 0 Å². The van der Waals surface area contributed by atoms with E-state index in [9.17, 15) is 4.79 Å². The van der Waals surface area contributed by atoms with Crippen LogP contribution in [0.2, 0.25) is 0 Å². The highest BCUT2D eigenvalue weighted by Gasteiger charge is 2.10. The molecule has 2 aromatic rings. The van der Waals surface area contributed by atoms with Crippen LogP contribution in [-0.4, -0.2) is 27.6 Å². The lowest BCUT2D eigenvalue weighted by Gasteiger charge is -2.03. The normalized spacial score (nSPS) is 10.3. The van der Waals surface area contributed by atoms with Gasteiger partial charge in [0.25, 0.3) is 5.91 Å². The molecular formula is C13H17N5O2. The quantitative estimate of drug-likeness (QED) is 0.857. The lowest BCUT2D eigenvalue weighted by molar-refractivity contribution is 0.0941. The van der Waals surface area contributed by atoms with Crippen LogP contribution < -0.4 is 10.6 Å². The van der Waals surface area contributed by atoms with E-state index in [2.05, 4.69) is 25.8 Å². The van der Waals surface area contributed by atoms with Gasteiger partial charge >= 0.3 is 0 Å². The van der Waals surface area contributed by atoms with Gasteiger partial charge in [-0.1, -0.05) is 0 Å². The van der Waals surface area contributed by atoms with Crippen molar-refractivity contribution in [3.63, 3.8) is 0 Å². The number of rotatable bonds is 5. The molecule has 7 heteroatoms. The Hall–Kier alpha value is -2.44. The summed E-state index contributed by atoms with van der Waals surface area (Å²) >= 11 is 0. The van der Waals surface area contributed by atoms with Crippen LogP contribution in [0.4, 0.5) is 5.82 Å². The summed E-state index contributed by atoms with van der Waals surface area (Å²) in [5.74, 6) is 1.56. The third-order valence-corrected chi connectivity index (χ3v) is 2.73. The van der Waals surface area contributed by atoms with Crippen molar-refractivity contribution < 1.29 is 9.21 Å². The Bertz CT molecular complexity index is 572. The molecule has 2 N–H and O–H groups in total. The predicted molar refractivity (Wildman–Crippen MR) is 73.3 cm³/mol. The molecule has 2 rings (SSSR count). The number of hydrogen-bond acceptors (Lipinski definition) is 6. The third kappa shape index (κ3) is 3.31. The zero-order valence-electron chi connectivity index (χ0n) is 11.7. The predicted octanol–water partition coefficient (Wildman–Crippen LogP) is 1.44. The monoisotopic (exact) mass is 275 g/mol. The summed E-state index contributed by atoms with van der Waals surface area (Å²) in [6.45, 7) is 6.63. The van der Waals surface area contributed by atoms with Crippen molar-refractivity contribution in [3.8, 4) is 0 Å². The van der Waals surface area contributed by atoms with Crippen molar-refractivity contribution in [2.45, 2.75) is 27.3 Å². The second-order valence-corrected chi connectivity index (χ2v) is 4.27. The number of nitrogens with one attached hydrogen (secondary N) is 2. The van der Waals surface area contributed by atoms with Crippen LogP contribution >= 0.6 is 0 Å². The zero-order chi connectivity index (χ0) is 14.5. The molecule has 0 bridgehead atoms. The summed E-state index contributed by atoms with van der Waals surface area (Å²) < 4.78 is 5.38. The molecule has 0 unspecified atom stereocenters. The van der Waals surface area contributed by atoms with E-state index in [0.717, 1.165) is 18.0 Å². The molecule has 0 saturated carbocycles. The Morgan fingerprint density at radius 2 is 2.10 bits per heavy atom. The summed E-state index contributed by atoms with van der Waals surface area (Å²) in [5.41, 5.74) is 1.08. The summed E-state index contributed by atoms with van der Waals surface area (Å²) in [6.07, 6.45) is 0. The molecule has 0 saturated heterocycles. The van der Waals surface area contributed by atoms with Gasteiger partial charge in [0.2, 0.25) is 5.89 Å². The number of amides is 1. The van der Waals surface area contributed by atoms with Crippen LogP contribution in [0.1, 0.15) is 34.8 Å². The molecule has 0 aromatic carbocycles. The van der Waals surface area contributed by atoms with Gasteiger partial charge in [0.15, 0.2) is 5.69 Å². The number of aryl methyl sites for hydroxylation is 2. The Morgan fingerprint density at radius 1 is 1.30 bits per heavy atom. The standard InChI is InChI=1S/C13H17N5O2/c1-4-14-11-6-5-10(17-18-11)13(19)15-7-12-16-8(2)9(3)20-12/h5-6H,4,7H2,1-3H3,(H,14,18)(H,15,19). The molecule has 2 heterocycles. The fraction of sp³-hybridized carbons (Fsp3) is 0.385. The van der Waals surface area contributed by atoms with Crippen LogP contribution in [0.25, 0.3) is 0 Å². The molecule has 0 fully saturated rings. The number of oxazole rings is 1. The van der Waals surface area contributed by atoms with Gasteiger partial charge < -0.3 is 15.1 Å². The highest BCUT2D eigenvalue weighted by atomic mass is 16.4. The van der Waals surface area contributed by atoms with E-state index in [0.29, 0.717) is 11.7 Å². The highest BCUT2D eigenvalue weighted by molar-refractivity contribution is 5.92. The lowest BCUT2D eigenvalue weighted by atomic mass is 10.3. The summed E-state index contributed by atoms with van der Waals surface area (Å²) in [6, 6.07) is 3.33. The lowest BCUT2D eigenvalue weighted by Crippen LogP contribution is -2.24. The smallest absolute Gasteiger partial charge is 0.272 e. The van der Waals surface area contributed by atoms with E-state index < -0.39 is 0 Å². The largest absolute Gasteiger partial charge is 0.444 e. The maximum atomic E-state index is 11.9. The maximum absolute atomic E-state index is 11.9. The average Bonchev–Trinajstić information content (AvgIpc) is 2.76. The topological polar surface area (TPSA) is 92.9 Å². The zero-order valence-corrected chi connectivity index (χ0v) is 11.7. The molecule has 1 amide bonds. The fourth-order valence-electron chi connectivity index (χ4n) is 1.59. The number of carbonyl (C=O) groups excluding carboxylic acids is 1. The Morgan fingerprint density at radius 3 is 2.65 bits per heavy atom. The number of aromatic nitrogens is 3.